The van der Waals surface area contributed by atoms with Gasteiger partial charge in [-0.15, -0.1) is 0 Å². The van der Waals surface area contributed by atoms with Crippen LogP contribution in [-0.2, 0) is 38.7 Å². The summed E-state index contributed by atoms with van der Waals surface area (Å²) in [5.74, 6) is 0. The van der Waals surface area contributed by atoms with Crippen molar-refractivity contribution in [3.05, 3.63) is 0 Å². The van der Waals surface area contributed by atoms with Crippen molar-refractivity contribution in [3.8, 4) is 0 Å². The van der Waals surface area contributed by atoms with Crippen molar-refractivity contribution >= 4 is 18.9 Å². The first-order valence-electron chi connectivity index (χ1n) is 0. The molecule has 27 valence electrons. The van der Waals surface area contributed by atoms with Crippen molar-refractivity contribution in [1.82, 2.24) is 0 Å². The molecule has 0 saturated heterocycles. The van der Waals surface area contributed by atoms with E-state index in [1.165, 1.54) is 0 Å². The van der Waals surface area contributed by atoms with Crippen LogP contribution in [0, 0.1) is 0 Å². The average molecular weight is 142 g/mol. The summed E-state index contributed by atoms with van der Waals surface area (Å²) in [7, 11) is 0. The zero-order chi connectivity index (χ0) is 0. The van der Waals surface area contributed by atoms with Crippen LogP contribution in [0.1, 0.15) is 0 Å². The minimum Gasteiger partial charge on any atom is -2.00 e. The maximum absolute atomic E-state index is 0. The molecule has 0 aliphatic carbocycles. The second-order valence-corrected chi connectivity index (χ2v) is 0. The molecule has 0 bridgehead atoms. The second kappa shape index (κ2) is 23.8. The smallest absolute Gasteiger partial charge is 2.00 e. The fourth-order valence-corrected chi connectivity index (χ4v) is 0. The molecule has 1 radical (unpaired) electrons. The van der Waals surface area contributed by atoms with Crippen LogP contribution in [0.2, 0.25) is 0 Å². The van der Waals surface area contributed by atoms with E-state index >= 15 is 0 Å². The maximum atomic E-state index is 0. The Hall–Kier alpha value is 1.56. The summed E-state index contributed by atoms with van der Waals surface area (Å²) in [5, 5.41) is 0. The van der Waals surface area contributed by atoms with Gasteiger partial charge in [0.2, 0.25) is 0 Å². The molecule has 4 heteroatoms. The Bertz CT molecular complexity index is 8.00. The molecule has 0 amide bonds. The van der Waals surface area contributed by atoms with Crippen molar-refractivity contribution in [1.29, 1.82) is 0 Å². The first-order valence-corrected chi connectivity index (χ1v) is 0. The van der Waals surface area contributed by atoms with Crippen LogP contribution in [0.15, 0.2) is 0 Å². The van der Waals surface area contributed by atoms with E-state index in [-0.39, 0.29) is 57.6 Å². The van der Waals surface area contributed by atoms with Crippen LogP contribution >= 0.6 is 0 Å². The van der Waals surface area contributed by atoms with Gasteiger partial charge in [-0.2, -0.15) is 0 Å². The van der Waals surface area contributed by atoms with Crippen molar-refractivity contribution in [2.45, 2.75) is 0 Å². The molecular weight excluding hydrogens is 141 g/mol. The molecule has 0 aromatic carbocycles. The van der Waals surface area contributed by atoms with Gasteiger partial charge in [0.15, 0.2) is 0 Å². The van der Waals surface area contributed by atoms with E-state index in [1.807, 2.05) is 0 Å². The normalized spacial score (nSPS) is 0. The Labute approximate surface area is 57.5 Å². The summed E-state index contributed by atoms with van der Waals surface area (Å²) in [6.07, 6.45) is 0. The molecule has 0 aliphatic rings. The zero-order valence-corrected chi connectivity index (χ0v) is 3.09. The largest absolute Gasteiger partial charge is 2.00 e. The van der Waals surface area contributed by atoms with E-state index in [2.05, 4.69) is 0 Å². The van der Waals surface area contributed by atoms with E-state index in [0.29, 0.717) is 0 Å². The third kappa shape index (κ3) is 9.59. The molecule has 1 nitrogen and oxygen atoms in total. The van der Waals surface area contributed by atoms with E-state index in [1.54, 1.807) is 0 Å². The molecular formula is HCoLiNiO. The first kappa shape index (κ1) is 47.6. The van der Waals surface area contributed by atoms with Gasteiger partial charge in [-0.05, 0) is 0 Å². The summed E-state index contributed by atoms with van der Waals surface area (Å²) in [5.41, 5.74) is 0. The Balaban J connectivity index is 0. The van der Waals surface area contributed by atoms with Gasteiger partial charge in [0, 0.05) is 16.8 Å². The quantitative estimate of drug-likeness (QED) is 0.397. The molecule has 0 atom stereocenters. The molecule has 0 heterocycles. The number of rotatable bonds is 0. The van der Waals surface area contributed by atoms with Crippen LogP contribution in [-0.4, -0.2) is 18.9 Å². The topological polar surface area (TPSA) is 28.5 Å². The van der Waals surface area contributed by atoms with Gasteiger partial charge >= 0.3 is 35.4 Å². The molecule has 0 unspecified atom stereocenters. The van der Waals surface area contributed by atoms with Crippen molar-refractivity contribution < 1.29 is 38.7 Å². The van der Waals surface area contributed by atoms with Crippen molar-refractivity contribution in [2.75, 3.05) is 0 Å². The van der Waals surface area contributed by atoms with Crippen LogP contribution in [0.5, 0.6) is 0 Å². The van der Waals surface area contributed by atoms with Crippen molar-refractivity contribution in [3.63, 3.8) is 0 Å². The SMILES string of the molecule is [Co].[LiH].[Ni+2].[O-2]. The zero-order valence-electron chi connectivity index (χ0n) is 1.06. The molecule has 0 N–H and O–H groups in total. The molecule has 0 aromatic heterocycles. The van der Waals surface area contributed by atoms with Gasteiger partial charge in [-0.3, -0.25) is 0 Å². The van der Waals surface area contributed by atoms with E-state index in [0.717, 1.165) is 0 Å². The van der Waals surface area contributed by atoms with Gasteiger partial charge < -0.3 is 5.48 Å². The number of hydrogen-bond acceptors (Lipinski definition) is 0. The monoisotopic (exact) mass is 141 g/mol. The maximum Gasteiger partial charge on any atom is 2.00 e. The second-order valence-electron chi connectivity index (χ2n) is 0. The number of hydrogen-bond donors (Lipinski definition) is 0. The minimum atomic E-state index is 0. The summed E-state index contributed by atoms with van der Waals surface area (Å²) in [6.45, 7) is 0. The average Bonchev–Trinajstić information content (AvgIpc) is 0. The fourth-order valence-electron chi connectivity index (χ4n) is 0. The van der Waals surface area contributed by atoms with Gasteiger partial charge in [0.25, 0.3) is 0 Å². The molecule has 0 aromatic rings. The predicted octanol–water partition coefficient (Wildman–Crippen LogP) is -0.772. The van der Waals surface area contributed by atoms with Crippen LogP contribution in [0.4, 0.5) is 0 Å². The molecule has 0 aliphatic heterocycles. The van der Waals surface area contributed by atoms with Gasteiger partial charge in [-0.1, -0.05) is 0 Å². The van der Waals surface area contributed by atoms with Crippen LogP contribution < -0.4 is 0 Å². The third-order valence-corrected chi connectivity index (χ3v) is 0. The van der Waals surface area contributed by atoms with E-state index in [9.17, 15) is 0 Å². The summed E-state index contributed by atoms with van der Waals surface area (Å²) < 4.78 is 0. The minimum absolute atomic E-state index is 0. The molecule has 0 rings (SSSR count). The Morgan fingerprint density at radius 3 is 1.00 bits per heavy atom. The standard InChI is InChI=1S/Co.Li.Ni.O.H/q;;+2;-2;. The third-order valence-electron chi connectivity index (χ3n) is 0. The van der Waals surface area contributed by atoms with E-state index in [4.69, 9.17) is 0 Å². The Kier molecular flexibility index (Phi) is 283. The first-order chi connectivity index (χ1) is 0. The van der Waals surface area contributed by atoms with Gasteiger partial charge in [0.1, 0.15) is 0 Å². The Morgan fingerprint density at radius 2 is 1.00 bits per heavy atom. The summed E-state index contributed by atoms with van der Waals surface area (Å²) in [4.78, 5) is 0. The Morgan fingerprint density at radius 1 is 1.00 bits per heavy atom. The summed E-state index contributed by atoms with van der Waals surface area (Å²) in [6, 6.07) is 0. The molecule has 0 spiro atoms. The van der Waals surface area contributed by atoms with Gasteiger partial charge in [-0.25, -0.2) is 0 Å². The van der Waals surface area contributed by atoms with Gasteiger partial charge in [0.05, 0.1) is 0 Å². The summed E-state index contributed by atoms with van der Waals surface area (Å²) >= 11 is 0. The van der Waals surface area contributed by atoms with Crippen LogP contribution in [0.3, 0.4) is 0 Å². The molecule has 4 heavy (non-hydrogen) atoms. The molecule has 0 fully saturated rings. The predicted molar refractivity (Wildman–Crippen MR) is 7.84 cm³/mol. The van der Waals surface area contributed by atoms with Crippen LogP contribution in [0.25, 0.3) is 0 Å². The van der Waals surface area contributed by atoms with Crippen molar-refractivity contribution in [2.24, 2.45) is 0 Å². The fraction of sp³-hybridized carbons (Fsp3) is 0. The molecule has 0 saturated carbocycles. The van der Waals surface area contributed by atoms with E-state index < -0.39 is 0 Å².